The van der Waals surface area contributed by atoms with E-state index in [0.29, 0.717) is 38.8 Å². The average molecular weight is 346 g/mol. The molecule has 2 N–H and O–H groups in total. The third-order valence-electron chi connectivity index (χ3n) is 3.28. The first kappa shape index (κ1) is 18.3. The van der Waals surface area contributed by atoms with Crippen molar-refractivity contribution in [3.8, 4) is 5.88 Å². The smallest absolute Gasteiger partial charge is 0.270 e. The number of nitrogens with one attached hydrogen (secondary N) is 1. The van der Waals surface area contributed by atoms with Crippen LogP contribution in [0.2, 0.25) is 0 Å². The van der Waals surface area contributed by atoms with Crippen molar-refractivity contribution < 1.29 is 19.3 Å². The van der Waals surface area contributed by atoms with E-state index >= 15 is 0 Å². The van der Waals surface area contributed by atoms with E-state index in [9.17, 15) is 5.11 Å². The second kappa shape index (κ2) is 9.99. The number of anilines is 1. The lowest BCUT2D eigenvalue weighted by Crippen LogP contribution is -2.37. The van der Waals surface area contributed by atoms with Crippen LogP contribution in [-0.4, -0.2) is 78.7 Å². The van der Waals surface area contributed by atoms with Crippen molar-refractivity contribution in [3.05, 3.63) is 0 Å². The van der Waals surface area contributed by atoms with Crippen LogP contribution in [-0.2, 0) is 9.47 Å². The summed E-state index contributed by atoms with van der Waals surface area (Å²) in [4.78, 5) is 2.09. The van der Waals surface area contributed by atoms with Gasteiger partial charge in [0.25, 0.3) is 5.88 Å². The zero-order valence-corrected chi connectivity index (χ0v) is 14.5. The molecule has 0 bridgehead atoms. The lowest BCUT2D eigenvalue weighted by Gasteiger charge is -2.26. The summed E-state index contributed by atoms with van der Waals surface area (Å²) in [5.41, 5.74) is 0. The number of rotatable bonds is 10. The van der Waals surface area contributed by atoms with E-state index in [0.717, 1.165) is 30.6 Å². The van der Waals surface area contributed by atoms with Crippen molar-refractivity contribution in [3.63, 3.8) is 0 Å². The second-order valence-corrected chi connectivity index (χ2v) is 6.11. The van der Waals surface area contributed by atoms with E-state index in [1.807, 2.05) is 13.8 Å². The van der Waals surface area contributed by atoms with Gasteiger partial charge in [-0.3, -0.25) is 0 Å². The largest absolute Gasteiger partial charge is 0.472 e. The maximum absolute atomic E-state index is 9.95. The molecule has 1 fully saturated rings. The van der Waals surface area contributed by atoms with Gasteiger partial charge in [0.1, 0.15) is 12.7 Å². The molecule has 1 aliphatic heterocycles. The Hall–Kier alpha value is -1.00. The second-order valence-electron chi connectivity index (χ2n) is 5.58. The van der Waals surface area contributed by atoms with Crippen molar-refractivity contribution >= 4 is 17.5 Å². The number of aromatic nitrogens is 2. The van der Waals surface area contributed by atoms with Gasteiger partial charge in [-0.1, -0.05) is 0 Å². The predicted molar refractivity (Wildman–Crippen MR) is 88.4 cm³/mol. The Morgan fingerprint density at radius 1 is 1.35 bits per heavy atom. The first-order valence-corrected chi connectivity index (χ1v) is 8.68. The minimum absolute atomic E-state index is 0.181. The van der Waals surface area contributed by atoms with Crippen LogP contribution in [0.3, 0.4) is 0 Å². The molecule has 9 heteroatoms. The van der Waals surface area contributed by atoms with Gasteiger partial charge in [-0.25, -0.2) is 0 Å². The van der Waals surface area contributed by atoms with Crippen LogP contribution in [0.1, 0.15) is 13.8 Å². The Kier molecular flexibility index (Phi) is 7.96. The van der Waals surface area contributed by atoms with Gasteiger partial charge in [-0.2, -0.15) is 4.37 Å². The number of morpholine rings is 1. The van der Waals surface area contributed by atoms with Crippen molar-refractivity contribution in [1.82, 2.24) is 14.1 Å². The standard InChI is InChI=1S/C14H26N4O4S/c1-11(2)21-6-3-15-9-12(19)10-22-14-13(16-23-17-14)18-4-7-20-8-5-18/h11-12,15,19H,3-10H2,1-2H3. The third kappa shape index (κ3) is 6.56. The van der Waals surface area contributed by atoms with Gasteiger partial charge < -0.3 is 29.5 Å². The molecular weight excluding hydrogens is 320 g/mol. The molecule has 0 radical (unpaired) electrons. The fourth-order valence-corrected chi connectivity index (χ4v) is 2.62. The molecule has 1 aliphatic rings. The highest BCUT2D eigenvalue weighted by Gasteiger charge is 2.20. The number of hydrogen-bond donors (Lipinski definition) is 2. The van der Waals surface area contributed by atoms with Crippen molar-refractivity contribution in [2.75, 3.05) is 57.5 Å². The highest BCUT2D eigenvalue weighted by atomic mass is 32.1. The molecule has 1 aromatic heterocycles. The maximum Gasteiger partial charge on any atom is 0.270 e. The lowest BCUT2D eigenvalue weighted by atomic mass is 10.3. The van der Waals surface area contributed by atoms with Crippen LogP contribution in [0.5, 0.6) is 5.88 Å². The predicted octanol–water partition coefficient (Wildman–Crippen LogP) is 0.129. The molecule has 0 spiro atoms. The van der Waals surface area contributed by atoms with Gasteiger partial charge in [0.2, 0.25) is 5.82 Å². The molecule has 8 nitrogen and oxygen atoms in total. The van der Waals surface area contributed by atoms with Gasteiger partial charge in [0.15, 0.2) is 0 Å². The van der Waals surface area contributed by atoms with Crippen LogP contribution >= 0.6 is 11.7 Å². The molecule has 1 saturated heterocycles. The van der Waals surface area contributed by atoms with Crippen LogP contribution in [0.4, 0.5) is 5.82 Å². The summed E-state index contributed by atoms with van der Waals surface area (Å²) in [6, 6.07) is 0. The summed E-state index contributed by atoms with van der Waals surface area (Å²) in [5, 5.41) is 13.1. The Bertz CT molecular complexity index is 440. The lowest BCUT2D eigenvalue weighted by molar-refractivity contribution is 0.0732. The number of aliphatic hydroxyl groups excluding tert-OH is 1. The van der Waals surface area contributed by atoms with Crippen molar-refractivity contribution in [2.45, 2.75) is 26.1 Å². The molecule has 0 saturated carbocycles. The topological polar surface area (TPSA) is 89.0 Å². The molecule has 1 aromatic rings. The Labute approximate surface area is 141 Å². The molecular formula is C14H26N4O4S. The maximum atomic E-state index is 9.95. The number of hydrogen-bond acceptors (Lipinski definition) is 9. The zero-order chi connectivity index (χ0) is 16.5. The van der Waals surface area contributed by atoms with Gasteiger partial charge in [0.05, 0.1) is 37.7 Å². The molecule has 2 rings (SSSR count). The van der Waals surface area contributed by atoms with Gasteiger partial charge in [-0.15, -0.1) is 4.37 Å². The molecule has 1 atom stereocenters. The zero-order valence-electron chi connectivity index (χ0n) is 13.7. The highest BCUT2D eigenvalue weighted by Crippen LogP contribution is 2.26. The monoisotopic (exact) mass is 346 g/mol. The summed E-state index contributed by atoms with van der Waals surface area (Å²) in [6.07, 6.45) is -0.380. The Balaban J connectivity index is 1.66. The Morgan fingerprint density at radius 2 is 2.13 bits per heavy atom. The molecule has 0 aromatic carbocycles. The van der Waals surface area contributed by atoms with E-state index in [2.05, 4.69) is 19.0 Å². The van der Waals surface area contributed by atoms with E-state index in [-0.39, 0.29) is 12.7 Å². The molecule has 23 heavy (non-hydrogen) atoms. The van der Waals surface area contributed by atoms with Crippen molar-refractivity contribution in [2.24, 2.45) is 0 Å². The quantitative estimate of drug-likeness (QED) is 0.578. The molecule has 0 amide bonds. The minimum atomic E-state index is -0.603. The summed E-state index contributed by atoms with van der Waals surface area (Å²) >= 11 is 1.12. The van der Waals surface area contributed by atoms with E-state index in [1.165, 1.54) is 0 Å². The summed E-state index contributed by atoms with van der Waals surface area (Å²) < 4.78 is 24.8. The van der Waals surface area contributed by atoms with Crippen LogP contribution in [0.15, 0.2) is 0 Å². The fraction of sp³-hybridized carbons (Fsp3) is 0.857. The molecule has 2 heterocycles. The number of aliphatic hydroxyl groups is 1. The van der Waals surface area contributed by atoms with E-state index in [4.69, 9.17) is 14.2 Å². The molecule has 1 unspecified atom stereocenters. The van der Waals surface area contributed by atoms with E-state index in [1.54, 1.807) is 0 Å². The van der Waals surface area contributed by atoms with Gasteiger partial charge in [-0.05, 0) is 13.8 Å². The molecule has 132 valence electrons. The number of ether oxygens (including phenoxy) is 3. The van der Waals surface area contributed by atoms with Crippen LogP contribution < -0.4 is 15.0 Å². The van der Waals surface area contributed by atoms with Crippen LogP contribution in [0.25, 0.3) is 0 Å². The van der Waals surface area contributed by atoms with Gasteiger partial charge >= 0.3 is 0 Å². The average Bonchev–Trinajstić information content (AvgIpc) is 3.01. The summed E-state index contributed by atoms with van der Waals surface area (Å²) in [7, 11) is 0. The first-order chi connectivity index (χ1) is 11.2. The fourth-order valence-electron chi connectivity index (χ4n) is 2.10. The van der Waals surface area contributed by atoms with Crippen molar-refractivity contribution in [1.29, 1.82) is 0 Å². The van der Waals surface area contributed by atoms with Gasteiger partial charge in [0, 0.05) is 26.2 Å². The molecule has 0 aliphatic carbocycles. The normalized spacial score (nSPS) is 16.8. The SMILES string of the molecule is CC(C)OCCNCC(O)COc1nsnc1N1CCOCC1. The highest BCUT2D eigenvalue weighted by molar-refractivity contribution is 6.99. The number of nitrogens with zero attached hydrogens (tertiary/aromatic N) is 3. The first-order valence-electron chi connectivity index (χ1n) is 7.95. The summed E-state index contributed by atoms with van der Waals surface area (Å²) in [5.74, 6) is 1.22. The third-order valence-corrected chi connectivity index (χ3v) is 3.78. The Morgan fingerprint density at radius 3 is 2.87 bits per heavy atom. The minimum Gasteiger partial charge on any atom is -0.472 e. The van der Waals surface area contributed by atoms with Crippen LogP contribution in [0, 0.1) is 0 Å². The van der Waals surface area contributed by atoms with E-state index < -0.39 is 6.10 Å². The summed E-state index contributed by atoms with van der Waals surface area (Å²) in [6.45, 7) is 8.88.